The predicted octanol–water partition coefficient (Wildman–Crippen LogP) is 22.0. The Bertz CT molecular complexity index is 4420. The van der Waals surface area contributed by atoms with Crippen LogP contribution < -0.4 is 28.4 Å². The third-order valence-electron chi connectivity index (χ3n) is 15.8. The molecule has 0 bridgehead atoms. The number of rotatable bonds is 10. The molecule has 10 aromatic carbocycles. The predicted molar refractivity (Wildman–Crippen MR) is 395 cm³/mol. The van der Waals surface area contributed by atoms with Crippen molar-refractivity contribution in [2.24, 2.45) is 0 Å². The van der Waals surface area contributed by atoms with Crippen LogP contribution in [0.15, 0.2) is 140 Å². The van der Waals surface area contributed by atoms with Crippen LogP contribution in [0, 0.1) is 166 Å². The summed E-state index contributed by atoms with van der Waals surface area (Å²) in [6.07, 6.45) is 0. The highest BCUT2D eigenvalue weighted by Crippen LogP contribution is 2.38. The highest BCUT2D eigenvalue weighted by atomic mass is 19.2. The third kappa shape index (κ3) is 25.0. The zero-order valence-electron chi connectivity index (χ0n) is 63.6. The van der Waals surface area contributed by atoms with Crippen molar-refractivity contribution < 1.29 is 91.4 Å². The highest BCUT2D eigenvalue weighted by molar-refractivity contribution is 5.91. The Balaban J connectivity index is 0.000000318. The average Bonchev–Trinajstić information content (AvgIpc) is 0.750. The van der Waals surface area contributed by atoms with Crippen molar-refractivity contribution in [3.8, 4) is 62.8 Å². The summed E-state index contributed by atoms with van der Waals surface area (Å²) in [5, 5.41) is 8.66. The summed E-state index contributed by atoms with van der Waals surface area (Å²) in [5.74, 6) is -21.9. The summed E-state index contributed by atoms with van der Waals surface area (Å²) in [7, 11) is 12.8. The van der Waals surface area contributed by atoms with Gasteiger partial charge in [-0.3, -0.25) is 0 Å². The standard InChI is InChI=1S/C14H14.C12F10.C10H11NO.2C10H14O2.2C10H12O2.C9H12O/c1-11-3-7-13(8-4-11)14-9-5-12(2)6-10-14;13-3-1(4(14)8(18)11(21)7(3)17)2-5(15)9(19)12(22)10(20)6(2)16;1-7-4-9(6-11)5-8(2)10(7)12-3;1-7-5-10(12-4)8(2)6-9(7)11-3;1-7-5-9(11-3)10(12-4)6-8(7)2;1-7-4-8(2)6-9(5-7)10(11)12-3;1-7-4-5-8(2)9(6-7)10(11)12-3;1-7-4-5-9(10-3)8(2)6-7/h3-10H,1-2H3;;4-5H,1-3H3;2*5-6H,1-4H3;2*4-6H,1-3H3;4-6H,1-3H3. The van der Waals surface area contributed by atoms with Crippen molar-refractivity contribution >= 4 is 11.9 Å². The molecule has 564 valence electrons. The summed E-state index contributed by atoms with van der Waals surface area (Å²) in [6, 6.07) is 48.5. The molecular formula is C85H89F10NO10. The van der Waals surface area contributed by atoms with Crippen molar-refractivity contribution in [1.82, 2.24) is 0 Å². The normalized spacial score (nSPS) is 9.95. The lowest BCUT2D eigenvalue weighted by Crippen LogP contribution is -2.10. The van der Waals surface area contributed by atoms with Crippen LogP contribution in [0.4, 0.5) is 43.9 Å². The molecule has 0 aliphatic rings. The molecule has 0 radical (unpaired) electrons. The molecule has 0 saturated heterocycles. The van der Waals surface area contributed by atoms with Gasteiger partial charge in [0, 0.05) is 0 Å². The van der Waals surface area contributed by atoms with Crippen molar-refractivity contribution in [2.45, 2.75) is 96.9 Å². The molecule has 11 nitrogen and oxygen atoms in total. The van der Waals surface area contributed by atoms with E-state index < -0.39 is 69.3 Å². The fraction of sp³-hybridized carbons (Fsp3) is 0.259. The van der Waals surface area contributed by atoms with Crippen LogP contribution >= 0.6 is 0 Å². The van der Waals surface area contributed by atoms with E-state index in [2.05, 4.69) is 105 Å². The molecule has 0 unspecified atom stereocenters. The van der Waals surface area contributed by atoms with Gasteiger partial charge in [0.25, 0.3) is 0 Å². The first-order valence-electron chi connectivity index (χ1n) is 32.5. The van der Waals surface area contributed by atoms with Crippen molar-refractivity contribution in [2.75, 3.05) is 56.9 Å². The minimum absolute atomic E-state index is 0.267. The van der Waals surface area contributed by atoms with Gasteiger partial charge in [0.1, 0.15) is 23.0 Å². The molecule has 10 aromatic rings. The molecular weight excluding hydrogens is 1380 g/mol. The molecule has 0 aromatic heterocycles. The number of carbonyl (C=O) groups is 2. The SMILES string of the molecule is COC(=O)c1cc(C)cc(C)c1.COC(=O)c1cc(C)ccc1C.COc1c(C)cc(C#N)cc1C.COc1cc(C)c(C)cc1OC.COc1cc(C)c(OC)cc1C.COc1ccc(C)cc1C.Cc1ccc(-c2ccc(C)cc2)cc1.Fc1c(F)c(F)c(-c2c(F)c(F)c(F)c(F)c2F)c(F)c1F. The van der Waals surface area contributed by atoms with E-state index in [1.807, 2.05) is 147 Å². The number of benzene rings is 10. The van der Waals surface area contributed by atoms with E-state index in [1.165, 1.54) is 58.7 Å². The van der Waals surface area contributed by atoms with Crippen molar-refractivity contribution in [1.29, 1.82) is 5.26 Å². The molecule has 0 N–H and O–H groups in total. The number of esters is 2. The molecule has 0 heterocycles. The number of carbonyl (C=O) groups excluding carboxylic acids is 2. The quantitative estimate of drug-likeness (QED) is 0.0561. The van der Waals surface area contributed by atoms with Crippen LogP contribution in [0.5, 0.6) is 34.5 Å². The van der Waals surface area contributed by atoms with E-state index >= 15 is 0 Å². The van der Waals surface area contributed by atoms with Gasteiger partial charge in [0.15, 0.2) is 58.0 Å². The second-order valence-electron chi connectivity index (χ2n) is 24.1. The first-order chi connectivity index (χ1) is 49.9. The van der Waals surface area contributed by atoms with Gasteiger partial charge in [-0.25, -0.2) is 53.5 Å². The second kappa shape index (κ2) is 42.5. The van der Waals surface area contributed by atoms with Gasteiger partial charge in [0.2, 0.25) is 11.6 Å². The van der Waals surface area contributed by atoms with Gasteiger partial charge in [0.05, 0.1) is 90.8 Å². The van der Waals surface area contributed by atoms with E-state index in [9.17, 15) is 53.5 Å². The Hall–Kier alpha value is -11.3. The summed E-state index contributed by atoms with van der Waals surface area (Å²) in [5.41, 5.74) is 15.9. The summed E-state index contributed by atoms with van der Waals surface area (Å²) in [4.78, 5) is 22.3. The fourth-order valence-corrected chi connectivity index (χ4v) is 10.1. The summed E-state index contributed by atoms with van der Waals surface area (Å²) < 4.78 is 171. The zero-order valence-corrected chi connectivity index (χ0v) is 63.6. The minimum atomic E-state index is -2.68. The van der Waals surface area contributed by atoms with Crippen LogP contribution in [0.25, 0.3) is 22.3 Å². The lowest BCUT2D eigenvalue weighted by atomic mass is 10.0. The molecule has 106 heavy (non-hydrogen) atoms. The summed E-state index contributed by atoms with van der Waals surface area (Å²) >= 11 is 0. The Kier molecular flexibility index (Phi) is 35.7. The smallest absolute Gasteiger partial charge is 0.338 e. The van der Waals surface area contributed by atoms with Gasteiger partial charge in [-0.2, -0.15) is 5.26 Å². The molecule has 0 spiro atoms. The van der Waals surface area contributed by atoms with Crippen LogP contribution in [0.1, 0.15) is 104 Å². The zero-order chi connectivity index (χ0) is 80.1. The highest BCUT2D eigenvalue weighted by Gasteiger charge is 2.34. The first kappa shape index (κ1) is 88.9. The van der Waals surface area contributed by atoms with Crippen molar-refractivity contribution in [3.63, 3.8) is 0 Å². The Morgan fingerprint density at radius 3 is 0.934 bits per heavy atom. The van der Waals surface area contributed by atoms with Gasteiger partial charge in [-0.05, 0) is 213 Å². The Morgan fingerprint density at radius 1 is 0.283 bits per heavy atom. The number of ether oxygens (including phenoxy) is 8. The molecule has 21 heteroatoms. The van der Waals surface area contributed by atoms with Crippen LogP contribution in [0.2, 0.25) is 0 Å². The van der Waals surface area contributed by atoms with Gasteiger partial charge >= 0.3 is 11.9 Å². The largest absolute Gasteiger partial charge is 0.496 e. The average molecular weight is 1470 g/mol. The molecule has 0 fully saturated rings. The number of nitrogens with zero attached hydrogens (tertiary/aromatic N) is 1. The molecule has 10 rings (SSSR count). The number of aryl methyl sites for hydroxylation is 14. The third-order valence-corrected chi connectivity index (χ3v) is 15.8. The molecule has 0 saturated carbocycles. The van der Waals surface area contributed by atoms with Crippen LogP contribution in [-0.4, -0.2) is 68.8 Å². The maximum atomic E-state index is 13.4. The topological polar surface area (TPSA) is 132 Å². The summed E-state index contributed by atoms with van der Waals surface area (Å²) in [6.45, 7) is 28.1. The van der Waals surface area contributed by atoms with Crippen LogP contribution in [-0.2, 0) is 9.47 Å². The Labute approximate surface area is 614 Å². The molecule has 0 atom stereocenters. The van der Waals surface area contributed by atoms with E-state index in [0.717, 1.165) is 79.0 Å². The first-order valence-corrected chi connectivity index (χ1v) is 32.5. The molecule has 0 aliphatic carbocycles. The minimum Gasteiger partial charge on any atom is -0.496 e. The van der Waals surface area contributed by atoms with E-state index in [0.29, 0.717) is 16.7 Å². The van der Waals surface area contributed by atoms with Gasteiger partial charge < -0.3 is 37.9 Å². The van der Waals surface area contributed by atoms with E-state index in [4.69, 9.17) is 33.7 Å². The number of hydrogen-bond donors (Lipinski definition) is 0. The van der Waals surface area contributed by atoms with E-state index in [-0.39, 0.29) is 11.9 Å². The lowest BCUT2D eigenvalue weighted by molar-refractivity contribution is 0.0591. The van der Waals surface area contributed by atoms with Crippen LogP contribution in [0.3, 0.4) is 0 Å². The molecule has 0 amide bonds. The van der Waals surface area contributed by atoms with E-state index in [1.54, 1.807) is 42.7 Å². The number of halogens is 10. The maximum Gasteiger partial charge on any atom is 0.338 e. The second-order valence-corrected chi connectivity index (χ2v) is 24.1. The Morgan fingerprint density at radius 2 is 0.604 bits per heavy atom. The van der Waals surface area contributed by atoms with Gasteiger partial charge in [-0.1, -0.05) is 112 Å². The van der Waals surface area contributed by atoms with Crippen molar-refractivity contribution in [3.05, 3.63) is 292 Å². The number of hydrogen-bond acceptors (Lipinski definition) is 11. The fourth-order valence-electron chi connectivity index (χ4n) is 10.1. The molecule has 0 aliphatic heterocycles. The monoisotopic (exact) mass is 1470 g/mol. The maximum absolute atomic E-state index is 13.4. The lowest BCUT2D eigenvalue weighted by Gasteiger charge is -2.11. The number of nitriles is 1. The number of methoxy groups -OCH3 is 8. The van der Waals surface area contributed by atoms with Gasteiger partial charge in [-0.15, -0.1) is 0 Å².